The van der Waals surface area contributed by atoms with Crippen molar-refractivity contribution in [1.29, 1.82) is 0 Å². The molecule has 8 nitrogen and oxygen atoms in total. The van der Waals surface area contributed by atoms with Gasteiger partial charge in [-0.3, -0.25) is 13.8 Å². The van der Waals surface area contributed by atoms with Crippen molar-refractivity contribution in [2.45, 2.75) is 270 Å². The van der Waals surface area contributed by atoms with E-state index in [0.717, 1.165) is 64.2 Å². The molecule has 408 valence electrons. The third-order valence-corrected chi connectivity index (χ3v) is 13.9. The van der Waals surface area contributed by atoms with Crippen molar-refractivity contribution >= 4 is 13.7 Å². The third-order valence-electron chi connectivity index (χ3n) is 12.9. The minimum atomic E-state index is -4.36. The number of hydrogen-bond acceptors (Lipinski definition) is 5. The molecule has 0 aromatic carbocycles. The molecule has 0 aliphatic heterocycles. The van der Waals surface area contributed by atoms with E-state index in [2.05, 4.69) is 79.9 Å². The van der Waals surface area contributed by atoms with Crippen LogP contribution in [0.15, 0.2) is 72.9 Å². The molecule has 0 rings (SSSR count). The maximum atomic E-state index is 13.0. The monoisotopic (exact) mass is 1000 g/mol. The van der Waals surface area contributed by atoms with Crippen LogP contribution in [-0.4, -0.2) is 73.4 Å². The van der Waals surface area contributed by atoms with Crippen LogP contribution in [0.2, 0.25) is 0 Å². The third kappa shape index (κ3) is 53.7. The van der Waals surface area contributed by atoms with Gasteiger partial charge in [0.25, 0.3) is 0 Å². The van der Waals surface area contributed by atoms with E-state index in [9.17, 15) is 19.4 Å². The molecule has 0 bridgehead atoms. The molecule has 0 saturated heterocycles. The Morgan fingerprint density at radius 2 is 0.871 bits per heavy atom. The molecule has 3 N–H and O–H groups in total. The zero-order valence-electron chi connectivity index (χ0n) is 46.5. The van der Waals surface area contributed by atoms with Gasteiger partial charge >= 0.3 is 7.82 Å². The second-order valence-electron chi connectivity index (χ2n) is 21.0. The molecule has 0 radical (unpaired) electrons. The topological polar surface area (TPSA) is 105 Å². The Balaban J connectivity index is 4.22. The predicted octanol–water partition coefficient (Wildman–Crippen LogP) is 17.9. The second-order valence-corrected chi connectivity index (χ2v) is 22.4. The van der Waals surface area contributed by atoms with E-state index in [0.29, 0.717) is 17.4 Å². The highest BCUT2D eigenvalue weighted by molar-refractivity contribution is 7.47. The van der Waals surface area contributed by atoms with Crippen molar-refractivity contribution < 1.29 is 32.9 Å². The summed E-state index contributed by atoms with van der Waals surface area (Å²) in [4.78, 5) is 23.3. The minimum Gasteiger partial charge on any atom is -0.387 e. The van der Waals surface area contributed by atoms with E-state index >= 15 is 0 Å². The number of rotatable bonds is 53. The number of carbonyl (C=O) groups excluding carboxylic acids is 1. The lowest BCUT2D eigenvalue weighted by molar-refractivity contribution is -0.870. The smallest absolute Gasteiger partial charge is 0.387 e. The Morgan fingerprint density at radius 3 is 1.31 bits per heavy atom. The first kappa shape index (κ1) is 67.9. The van der Waals surface area contributed by atoms with E-state index in [1.807, 2.05) is 27.2 Å². The molecule has 3 atom stereocenters. The molecule has 0 aromatic heterocycles. The van der Waals surface area contributed by atoms with Crippen LogP contribution < -0.4 is 5.32 Å². The van der Waals surface area contributed by atoms with Crippen molar-refractivity contribution in [1.82, 2.24) is 5.32 Å². The number of aliphatic hydroxyl groups excluding tert-OH is 1. The Kier molecular flexibility index (Phi) is 50.3. The number of phosphoric acid groups is 1. The molecule has 1 amide bonds. The molecule has 0 fully saturated rings. The summed E-state index contributed by atoms with van der Waals surface area (Å²) in [6.07, 6.45) is 71.5. The lowest BCUT2D eigenvalue weighted by Crippen LogP contribution is -2.45. The van der Waals surface area contributed by atoms with Gasteiger partial charge in [0.1, 0.15) is 13.2 Å². The Bertz CT molecular complexity index is 1370. The number of likely N-dealkylation sites (N-methyl/N-ethyl adjacent to an activating group) is 1. The van der Waals surface area contributed by atoms with Crippen LogP contribution in [-0.2, 0) is 18.4 Å². The van der Waals surface area contributed by atoms with Crippen LogP contribution in [0, 0.1) is 0 Å². The van der Waals surface area contributed by atoms with E-state index in [4.69, 9.17) is 9.05 Å². The Hall–Kier alpha value is -2.06. The standard InChI is InChI=1S/C61H113N2O6P/c1-6-8-10-12-14-16-18-20-22-24-26-28-29-30-31-32-33-35-37-39-41-43-45-47-49-51-53-55-61(65)62-59(58-69-70(66,67)68-57-56-63(3,4)5)60(64)54-52-50-48-46-44-42-40-38-36-34-27-25-23-21-19-17-15-13-11-9-7-2/h8,10,14,16,20,22,26,28,44,46,52,54,59-60,64H,6-7,9,11-13,15,17-19,21,23-25,27,29-43,45,47-51,53,55-58H2,1-5H3,(H-,62,65,66,67)/p+1/b10-8-,16-14-,22-20-,28-26-,46-44+,54-52+. The average Bonchev–Trinajstić information content (AvgIpc) is 3.32. The fourth-order valence-corrected chi connectivity index (χ4v) is 9.08. The van der Waals surface area contributed by atoms with Crippen LogP contribution in [0.1, 0.15) is 258 Å². The number of aliphatic hydroxyl groups is 1. The van der Waals surface area contributed by atoms with Gasteiger partial charge in [-0.2, -0.15) is 0 Å². The number of unbranched alkanes of at least 4 members (excludes halogenated alkanes) is 30. The molecule has 3 unspecified atom stereocenters. The molecule has 70 heavy (non-hydrogen) atoms. The lowest BCUT2D eigenvalue weighted by atomic mass is 10.0. The quantitative estimate of drug-likeness (QED) is 0.0243. The van der Waals surface area contributed by atoms with E-state index in [1.165, 1.54) is 173 Å². The number of nitrogens with one attached hydrogen (secondary N) is 1. The van der Waals surface area contributed by atoms with Gasteiger partial charge in [0, 0.05) is 6.42 Å². The van der Waals surface area contributed by atoms with E-state index in [-0.39, 0.29) is 19.1 Å². The fraction of sp³-hybridized carbons (Fsp3) is 0.787. The van der Waals surface area contributed by atoms with Gasteiger partial charge in [-0.05, 0) is 70.6 Å². The highest BCUT2D eigenvalue weighted by atomic mass is 31.2. The number of allylic oxidation sites excluding steroid dienone is 11. The van der Waals surface area contributed by atoms with E-state index < -0.39 is 20.0 Å². The molecule has 0 saturated carbocycles. The van der Waals surface area contributed by atoms with Crippen molar-refractivity contribution in [3.05, 3.63) is 72.9 Å². The molecule has 0 aliphatic rings. The number of amides is 1. The molecule has 0 aliphatic carbocycles. The SMILES string of the molecule is CC/C=C\C/C=C\C/C=C\C/C=C\CCCCCCCCCCCCCCCCC(=O)NC(COP(=O)(O)OCC[N+](C)(C)C)C(O)/C=C/CC/C=C/CCCCCCCCCCCCCCCCC. The number of quaternary nitrogens is 1. The maximum Gasteiger partial charge on any atom is 0.472 e. The van der Waals surface area contributed by atoms with Gasteiger partial charge < -0.3 is 19.8 Å². The largest absolute Gasteiger partial charge is 0.472 e. The second kappa shape index (κ2) is 51.8. The van der Waals surface area contributed by atoms with Gasteiger partial charge in [0.15, 0.2) is 0 Å². The molecule has 0 aromatic rings. The summed E-state index contributed by atoms with van der Waals surface area (Å²) in [7, 11) is 1.55. The average molecular weight is 1000 g/mol. The van der Waals surface area contributed by atoms with Crippen LogP contribution in [0.3, 0.4) is 0 Å². The zero-order chi connectivity index (χ0) is 51.3. The van der Waals surface area contributed by atoms with Crippen LogP contribution in [0.4, 0.5) is 0 Å². The maximum absolute atomic E-state index is 13.0. The summed E-state index contributed by atoms with van der Waals surface area (Å²) in [6.45, 7) is 4.70. The van der Waals surface area contributed by atoms with Crippen molar-refractivity contribution in [2.75, 3.05) is 40.9 Å². The number of phosphoric ester groups is 1. The summed E-state index contributed by atoms with van der Waals surface area (Å²) in [6, 6.07) is -0.867. The number of nitrogens with zero attached hydrogens (tertiary/aromatic N) is 1. The first-order valence-electron chi connectivity index (χ1n) is 29.3. The Morgan fingerprint density at radius 1 is 0.500 bits per heavy atom. The van der Waals surface area contributed by atoms with Gasteiger partial charge in [0.2, 0.25) is 5.91 Å². The summed E-state index contributed by atoms with van der Waals surface area (Å²) >= 11 is 0. The predicted molar refractivity (Wildman–Crippen MR) is 304 cm³/mol. The van der Waals surface area contributed by atoms with Crippen molar-refractivity contribution in [3.63, 3.8) is 0 Å². The highest BCUT2D eigenvalue weighted by Crippen LogP contribution is 2.43. The van der Waals surface area contributed by atoms with Crippen molar-refractivity contribution in [3.8, 4) is 0 Å². The molecule has 0 spiro atoms. The summed E-state index contributed by atoms with van der Waals surface area (Å²) in [5.74, 6) is -0.188. The van der Waals surface area contributed by atoms with Crippen LogP contribution in [0.25, 0.3) is 0 Å². The summed E-state index contributed by atoms with van der Waals surface area (Å²) < 4.78 is 23.7. The first-order valence-corrected chi connectivity index (χ1v) is 30.8. The minimum absolute atomic E-state index is 0.0543. The zero-order valence-corrected chi connectivity index (χ0v) is 47.4. The number of hydrogen-bond donors (Lipinski definition) is 3. The normalized spacial score (nSPS) is 14.4. The van der Waals surface area contributed by atoms with Gasteiger partial charge in [0.05, 0.1) is 39.9 Å². The molecule has 0 heterocycles. The van der Waals surface area contributed by atoms with Crippen LogP contribution in [0.5, 0.6) is 0 Å². The highest BCUT2D eigenvalue weighted by Gasteiger charge is 2.27. The fourth-order valence-electron chi connectivity index (χ4n) is 8.34. The molecular formula is C61H114N2O6P+. The van der Waals surface area contributed by atoms with Crippen molar-refractivity contribution in [2.24, 2.45) is 0 Å². The van der Waals surface area contributed by atoms with Gasteiger partial charge in [-0.1, -0.05) is 254 Å². The summed E-state index contributed by atoms with van der Waals surface area (Å²) in [5.41, 5.74) is 0. The van der Waals surface area contributed by atoms with Crippen LogP contribution >= 0.6 is 7.82 Å². The lowest BCUT2D eigenvalue weighted by Gasteiger charge is -2.25. The van der Waals surface area contributed by atoms with Gasteiger partial charge in [-0.15, -0.1) is 0 Å². The first-order chi connectivity index (χ1) is 34.0. The molecule has 9 heteroatoms. The summed E-state index contributed by atoms with van der Waals surface area (Å²) in [5, 5.41) is 13.9. The van der Waals surface area contributed by atoms with Gasteiger partial charge in [-0.25, -0.2) is 4.57 Å². The number of carbonyl (C=O) groups is 1. The van der Waals surface area contributed by atoms with E-state index in [1.54, 1.807) is 6.08 Å². The molecular weight excluding hydrogens is 888 g/mol. The Labute approximate surface area is 434 Å².